The van der Waals surface area contributed by atoms with Gasteiger partial charge in [0.1, 0.15) is 5.69 Å². The molecule has 0 aromatic carbocycles. The van der Waals surface area contributed by atoms with Crippen molar-refractivity contribution in [1.29, 1.82) is 0 Å². The van der Waals surface area contributed by atoms with Gasteiger partial charge in [0.25, 0.3) is 0 Å². The van der Waals surface area contributed by atoms with E-state index >= 15 is 0 Å². The van der Waals surface area contributed by atoms with Crippen LogP contribution in [0.15, 0.2) is 18.3 Å². The SMILES string of the molecule is NCCc1ncc(-c2ccc(Cl)s2)nn1. The van der Waals surface area contributed by atoms with Crippen LogP contribution < -0.4 is 5.73 Å². The third-order valence-electron chi connectivity index (χ3n) is 1.80. The Kier molecular flexibility index (Phi) is 3.25. The lowest BCUT2D eigenvalue weighted by molar-refractivity contribution is 0.813. The Bertz CT molecular complexity index is 440. The maximum Gasteiger partial charge on any atom is 0.152 e. The van der Waals surface area contributed by atoms with E-state index in [0.29, 0.717) is 18.8 Å². The number of halogens is 1. The van der Waals surface area contributed by atoms with Crippen LogP contribution in [0.4, 0.5) is 0 Å². The first-order valence-electron chi connectivity index (χ1n) is 4.44. The van der Waals surface area contributed by atoms with Crippen LogP contribution in [0.5, 0.6) is 0 Å². The molecule has 0 aliphatic rings. The predicted molar refractivity (Wildman–Crippen MR) is 60.9 cm³/mol. The molecule has 0 aliphatic carbocycles. The zero-order valence-corrected chi connectivity index (χ0v) is 9.42. The summed E-state index contributed by atoms with van der Waals surface area (Å²) in [6.07, 6.45) is 2.35. The average molecular weight is 241 g/mol. The lowest BCUT2D eigenvalue weighted by atomic mass is 10.3. The van der Waals surface area contributed by atoms with E-state index in [2.05, 4.69) is 15.2 Å². The van der Waals surface area contributed by atoms with Crippen molar-refractivity contribution in [2.24, 2.45) is 5.73 Å². The van der Waals surface area contributed by atoms with E-state index < -0.39 is 0 Å². The Balaban J connectivity index is 2.23. The highest BCUT2D eigenvalue weighted by atomic mass is 35.5. The summed E-state index contributed by atoms with van der Waals surface area (Å²) in [6, 6.07) is 3.73. The van der Waals surface area contributed by atoms with Gasteiger partial charge in [0.05, 0.1) is 15.4 Å². The normalized spacial score (nSPS) is 10.5. The van der Waals surface area contributed by atoms with E-state index in [1.165, 1.54) is 11.3 Å². The van der Waals surface area contributed by atoms with Crippen molar-refractivity contribution in [2.45, 2.75) is 6.42 Å². The summed E-state index contributed by atoms with van der Waals surface area (Å²) in [5, 5.41) is 8.04. The summed E-state index contributed by atoms with van der Waals surface area (Å²) in [5.74, 6) is 0.670. The smallest absolute Gasteiger partial charge is 0.152 e. The molecule has 0 bridgehead atoms. The zero-order valence-electron chi connectivity index (χ0n) is 7.85. The van der Waals surface area contributed by atoms with Gasteiger partial charge in [0.2, 0.25) is 0 Å². The van der Waals surface area contributed by atoms with Crippen molar-refractivity contribution >= 4 is 22.9 Å². The van der Waals surface area contributed by atoms with Gasteiger partial charge >= 0.3 is 0 Å². The molecule has 0 unspecified atom stereocenters. The molecule has 2 heterocycles. The van der Waals surface area contributed by atoms with E-state index in [1.54, 1.807) is 6.20 Å². The van der Waals surface area contributed by atoms with Gasteiger partial charge < -0.3 is 5.73 Å². The molecule has 0 radical (unpaired) electrons. The van der Waals surface area contributed by atoms with Gasteiger partial charge in [-0.3, -0.25) is 0 Å². The van der Waals surface area contributed by atoms with Gasteiger partial charge in [0.15, 0.2) is 5.82 Å². The molecular formula is C9H9ClN4S. The van der Waals surface area contributed by atoms with Crippen LogP contribution in [0.1, 0.15) is 5.82 Å². The van der Waals surface area contributed by atoms with Crippen LogP contribution in [0.2, 0.25) is 4.34 Å². The fourth-order valence-electron chi connectivity index (χ4n) is 1.11. The first kappa shape index (κ1) is 10.5. The number of nitrogens with two attached hydrogens (primary N) is 1. The lowest BCUT2D eigenvalue weighted by Gasteiger charge is -1.97. The monoisotopic (exact) mass is 240 g/mol. The Labute approximate surface area is 96.1 Å². The third kappa shape index (κ3) is 2.50. The quantitative estimate of drug-likeness (QED) is 0.888. The van der Waals surface area contributed by atoms with Crippen LogP contribution in [0, 0.1) is 0 Å². The molecule has 0 saturated carbocycles. The summed E-state index contributed by atoms with van der Waals surface area (Å²) in [5.41, 5.74) is 6.13. The molecular weight excluding hydrogens is 232 g/mol. The van der Waals surface area contributed by atoms with Crippen molar-refractivity contribution in [2.75, 3.05) is 6.54 Å². The summed E-state index contributed by atoms with van der Waals surface area (Å²) in [4.78, 5) is 5.14. The second-order valence-electron chi connectivity index (χ2n) is 2.90. The minimum Gasteiger partial charge on any atom is -0.330 e. The molecule has 2 rings (SSSR count). The first-order chi connectivity index (χ1) is 7.29. The molecule has 4 nitrogen and oxygen atoms in total. The lowest BCUT2D eigenvalue weighted by Crippen LogP contribution is -2.07. The van der Waals surface area contributed by atoms with Gasteiger partial charge in [-0.25, -0.2) is 4.98 Å². The average Bonchev–Trinajstić information content (AvgIpc) is 2.67. The molecule has 2 N–H and O–H groups in total. The second-order valence-corrected chi connectivity index (χ2v) is 4.62. The second kappa shape index (κ2) is 4.65. The molecule has 6 heteroatoms. The summed E-state index contributed by atoms with van der Waals surface area (Å²) < 4.78 is 0.734. The first-order valence-corrected chi connectivity index (χ1v) is 5.63. The Hall–Kier alpha value is -1.04. The minimum atomic E-state index is 0.534. The number of aromatic nitrogens is 3. The van der Waals surface area contributed by atoms with E-state index in [4.69, 9.17) is 17.3 Å². The number of nitrogens with zero attached hydrogens (tertiary/aromatic N) is 3. The molecule has 0 atom stereocenters. The molecule has 0 spiro atoms. The molecule has 0 fully saturated rings. The van der Waals surface area contributed by atoms with E-state index in [0.717, 1.165) is 14.9 Å². The van der Waals surface area contributed by atoms with E-state index in [9.17, 15) is 0 Å². The molecule has 0 saturated heterocycles. The molecule has 2 aromatic rings. The fraction of sp³-hybridized carbons (Fsp3) is 0.222. The summed E-state index contributed by atoms with van der Waals surface area (Å²) >= 11 is 7.28. The van der Waals surface area contributed by atoms with E-state index in [-0.39, 0.29) is 0 Å². The largest absolute Gasteiger partial charge is 0.330 e. The Morgan fingerprint density at radius 2 is 2.20 bits per heavy atom. The molecule has 0 aliphatic heterocycles. The molecule has 78 valence electrons. The highest BCUT2D eigenvalue weighted by Gasteiger charge is 2.04. The van der Waals surface area contributed by atoms with Gasteiger partial charge in [-0.2, -0.15) is 0 Å². The van der Waals surface area contributed by atoms with Gasteiger partial charge in [-0.05, 0) is 18.7 Å². The Morgan fingerprint density at radius 1 is 1.33 bits per heavy atom. The number of hydrogen-bond donors (Lipinski definition) is 1. The van der Waals surface area contributed by atoms with Crippen molar-refractivity contribution in [3.63, 3.8) is 0 Å². The number of thiophene rings is 1. The number of hydrogen-bond acceptors (Lipinski definition) is 5. The van der Waals surface area contributed by atoms with E-state index in [1.807, 2.05) is 12.1 Å². The highest BCUT2D eigenvalue weighted by molar-refractivity contribution is 7.19. The topological polar surface area (TPSA) is 64.7 Å². The molecule has 2 aromatic heterocycles. The fourth-order valence-corrected chi connectivity index (χ4v) is 2.10. The van der Waals surface area contributed by atoms with Crippen LogP contribution >= 0.6 is 22.9 Å². The van der Waals surface area contributed by atoms with Crippen molar-refractivity contribution in [3.8, 4) is 10.6 Å². The highest BCUT2D eigenvalue weighted by Crippen LogP contribution is 2.28. The van der Waals surface area contributed by atoms with Crippen molar-refractivity contribution in [3.05, 3.63) is 28.5 Å². The maximum atomic E-state index is 5.82. The zero-order chi connectivity index (χ0) is 10.7. The summed E-state index contributed by atoms with van der Waals surface area (Å²) in [7, 11) is 0. The summed E-state index contributed by atoms with van der Waals surface area (Å²) in [6.45, 7) is 0.534. The van der Waals surface area contributed by atoms with Gasteiger partial charge in [-0.15, -0.1) is 21.5 Å². The number of rotatable bonds is 3. The van der Waals surface area contributed by atoms with Gasteiger partial charge in [-0.1, -0.05) is 11.6 Å². The van der Waals surface area contributed by atoms with Crippen LogP contribution in [-0.4, -0.2) is 21.7 Å². The minimum absolute atomic E-state index is 0.534. The van der Waals surface area contributed by atoms with Crippen molar-refractivity contribution in [1.82, 2.24) is 15.2 Å². The standard InChI is InChI=1S/C9H9ClN4S/c10-8-2-1-7(15-8)6-5-12-9(3-4-11)14-13-6/h1-2,5H,3-4,11H2. The molecule has 15 heavy (non-hydrogen) atoms. The van der Waals surface area contributed by atoms with Crippen LogP contribution in [0.3, 0.4) is 0 Å². The Morgan fingerprint density at radius 3 is 2.73 bits per heavy atom. The van der Waals surface area contributed by atoms with Crippen LogP contribution in [-0.2, 0) is 6.42 Å². The van der Waals surface area contributed by atoms with Crippen LogP contribution in [0.25, 0.3) is 10.6 Å². The van der Waals surface area contributed by atoms with Crippen molar-refractivity contribution < 1.29 is 0 Å². The third-order valence-corrected chi connectivity index (χ3v) is 3.06. The maximum absolute atomic E-state index is 5.82. The van der Waals surface area contributed by atoms with Gasteiger partial charge in [0, 0.05) is 6.42 Å². The predicted octanol–water partition coefficient (Wildman–Crippen LogP) is 1.75. The molecule has 0 amide bonds.